The highest BCUT2D eigenvalue weighted by Crippen LogP contribution is 2.40. The molecule has 0 radical (unpaired) electrons. The molecule has 0 atom stereocenters. The van der Waals surface area contributed by atoms with Gasteiger partial charge in [0.05, 0.1) is 5.69 Å². The molecule has 72 heavy (non-hydrogen) atoms. The molecule has 0 bridgehead atoms. The number of hydrogen-bond acceptors (Lipinski definition) is 2. The third kappa shape index (κ3) is 10.6. The smallest absolute Gasteiger partial charge is 0.163 e. The predicted molar refractivity (Wildman–Crippen MR) is 308 cm³/mol. The number of benzene rings is 8. The van der Waals surface area contributed by atoms with Crippen LogP contribution >= 0.6 is 0 Å². The Morgan fingerprint density at radius 3 is 0.875 bits per heavy atom. The molecule has 0 N–H and O–H groups in total. The van der Waals surface area contributed by atoms with E-state index in [4.69, 9.17) is 10.1 Å². The summed E-state index contributed by atoms with van der Waals surface area (Å²) >= 11 is 0. The average Bonchev–Trinajstić information content (AvgIpc) is 3.73. The molecule has 0 aliphatic heterocycles. The Bertz CT molecular complexity index is 3230. The van der Waals surface area contributed by atoms with Gasteiger partial charge >= 0.3 is 0 Å². The van der Waals surface area contributed by atoms with Crippen molar-refractivity contribution in [3.8, 4) is 83.8 Å². The van der Waals surface area contributed by atoms with Crippen LogP contribution in [0, 0.1) is 20.8 Å². The van der Waals surface area contributed by atoms with Crippen LogP contribution in [0.25, 0.3) is 83.8 Å². The highest BCUT2D eigenvalue weighted by Gasteiger charge is 2.21. The average molecular weight is 944 g/mol. The van der Waals surface area contributed by atoms with Gasteiger partial charge < -0.3 is 0 Å². The predicted octanol–water partition coefficient (Wildman–Crippen LogP) is 19.1. The van der Waals surface area contributed by atoms with Gasteiger partial charge in [0.1, 0.15) is 5.82 Å². The van der Waals surface area contributed by atoms with E-state index in [1.807, 2.05) is 6.92 Å². The van der Waals surface area contributed by atoms with Crippen molar-refractivity contribution in [2.45, 2.75) is 126 Å². The molecule has 1 heterocycles. The third-order valence-corrected chi connectivity index (χ3v) is 14.4. The number of nitrogens with zero attached hydrogens (tertiary/aromatic N) is 3. The molecule has 0 fully saturated rings. The molecular formula is C69H73N3. The minimum Gasteiger partial charge on any atom is -0.212 e. The topological polar surface area (TPSA) is 30.7 Å². The number of aryl methyl sites for hydroxylation is 3. The summed E-state index contributed by atoms with van der Waals surface area (Å²) in [5.74, 6) is 1.55. The van der Waals surface area contributed by atoms with Gasteiger partial charge in [0.25, 0.3) is 0 Å². The van der Waals surface area contributed by atoms with Crippen molar-refractivity contribution in [2.24, 2.45) is 0 Å². The second-order valence-corrected chi connectivity index (χ2v) is 24.3. The van der Waals surface area contributed by atoms with Gasteiger partial charge in [-0.25, -0.2) is 9.67 Å². The van der Waals surface area contributed by atoms with Crippen LogP contribution in [-0.2, 0) is 21.7 Å². The molecule has 0 spiro atoms. The summed E-state index contributed by atoms with van der Waals surface area (Å²) in [7, 11) is 0. The van der Waals surface area contributed by atoms with Crippen LogP contribution < -0.4 is 0 Å². The molecule has 0 unspecified atom stereocenters. The molecule has 9 aromatic rings. The van der Waals surface area contributed by atoms with Gasteiger partial charge in [0.15, 0.2) is 5.82 Å². The van der Waals surface area contributed by atoms with Crippen LogP contribution in [0.4, 0.5) is 0 Å². The maximum atomic E-state index is 5.13. The second kappa shape index (κ2) is 18.8. The van der Waals surface area contributed by atoms with Crippen LogP contribution in [-0.4, -0.2) is 14.8 Å². The van der Waals surface area contributed by atoms with Gasteiger partial charge in [-0.1, -0.05) is 198 Å². The number of hydrogen-bond donors (Lipinski definition) is 0. The summed E-state index contributed by atoms with van der Waals surface area (Å²) in [5, 5.41) is 5.10. The molecule has 0 aliphatic carbocycles. The maximum absolute atomic E-state index is 5.13. The molecule has 3 heteroatoms. The van der Waals surface area contributed by atoms with Crippen LogP contribution in [0.15, 0.2) is 170 Å². The molecule has 8 aromatic carbocycles. The highest BCUT2D eigenvalue weighted by atomic mass is 15.4. The Labute approximate surface area is 431 Å². The van der Waals surface area contributed by atoms with Gasteiger partial charge in [-0.15, -0.1) is 0 Å². The molecule has 1 aromatic heterocycles. The molecule has 0 amide bonds. The van der Waals surface area contributed by atoms with Crippen LogP contribution in [0.3, 0.4) is 0 Å². The quantitative estimate of drug-likeness (QED) is 0.152. The highest BCUT2D eigenvalue weighted by molar-refractivity contribution is 5.84. The Morgan fingerprint density at radius 2 is 0.556 bits per heavy atom. The number of rotatable bonds is 8. The summed E-state index contributed by atoms with van der Waals surface area (Å²) in [5.41, 5.74) is 24.2. The van der Waals surface area contributed by atoms with E-state index in [1.165, 1.54) is 77.9 Å². The SMILES string of the molecule is Cc1nc(-c2cccc(-c3cc(-c4ccc(C(C)(C)C)cc4)cc(-c4ccc(C(C)(C)C)cc4)c3)c2)n(-c2c(C)cc(-c3cc(-c4ccc(C(C)(C)C)cc4)cc(-c4ccc(C(C)(C)C)cc4)c3)cc2C)n1. The van der Waals surface area contributed by atoms with Crippen molar-refractivity contribution in [1.82, 2.24) is 14.8 Å². The largest absolute Gasteiger partial charge is 0.212 e. The minimum absolute atomic E-state index is 0.0777. The van der Waals surface area contributed by atoms with Crippen LogP contribution in [0.5, 0.6) is 0 Å². The minimum atomic E-state index is 0.0777. The van der Waals surface area contributed by atoms with Gasteiger partial charge in [-0.3, -0.25) is 0 Å². The Hall–Kier alpha value is -7.10. The maximum Gasteiger partial charge on any atom is 0.163 e. The summed E-state index contributed by atoms with van der Waals surface area (Å²) < 4.78 is 2.06. The Balaban J connectivity index is 1.11. The first-order valence-corrected chi connectivity index (χ1v) is 25.8. The first kappa shape index (κ1) is 49.9. The standard InChI is InChI=1S/C69H73N3/c1-44-35-53(59-42-56(49-23-31-62(32-24-49)68(10,11)12)39-57(43-59)50-25-33-63(34-26-50)69(13,14)15)36-45(2)64(44)72-65(70-46(3)71-72)52-18-16-17-51(37-52)58-40-54(47-19-27-60(28-20-47)66(4,5)6)38-55(41-58)48-21-29-61(30-22-48)67(7,8)9/h16-43H,1-15H3. The monoisotopic (exact) mass is 944 g/mol. The van der Waals surface area contributed by atoms with Crippen LogP contribution in [0.1, 0.15) is 122 Å². The van der Waals surface area contributed by atoms with Crippen molar-refractivity contribution in [3.63, 3.8) is 0 Å². The normalized spacial score (nSPS) is 12.4. The first-order valence-electron chi connectivity index (χ1n) is 25.8. The molecule has 0 aliphatic rings. The van der Waals surface area contributed by atoms with Gasteiger partial charge in [-0.2, -0.15) is 5.10 Å². The van der Waals surface area contributed by atoms with Gasteiger partial charge in [-0.05, 0) is 197 Å². The van der Waals surface area contributed by atoms with Crippen LogP contribution in [0.2, 0.25) is 0 Å². The summed E-state index contributed by atoms with van der Waals surface area (Å²) in [6.45, 7) is 33.7. The number of aromatic nitrogens is 3. The summed E-state index contributed by atoms with van der Waals surface area (Å²) in [6, 6.07) is 64.0. The molecule has 0 saturated carbocycles. The summed E-state index contributed by atoms with van der Waals surface area (Å²) in [6.07, 6.45) is 0. The molecule has 364 valence electrons. The van der Waals surface area contributed by atoms with E-state index in [0.717, 1.165) is 45.2 Å². The fourth-order valence-electron chi connectivity index (χ4n) is 9.96. The van der Waals surface area contributed by atoms with E-state index in [1.54, 1.807) is 0 Å². The van der Waals surface area contributed by atoms with Crippen molar-refractivity contribution < 1.29 is 0 Å². The van der Waals surface area contributed by atoms with E-state index in [-0.39, 0.29) is 21.7 Å². The lowest BCUT2D eigenvalue weighted by atomic mass is 9.85. The zero-order valence-electron chi connectivity index (χ0n) is 45.5. The lowest BCUT2D eigenvalue weighted by Gasteiger charge is -2.20. The Morgan fingerprint density at radius 1 is 0.292 bits per heavy atom. The van der Waals surface area contributed by atoms with Crippen molar-refractivity contribution >= 4 is 0 Å². The zero-order chi connectivity index (χ0) is 51.5. The molecule has 9 rings (SSSR count). The van der Waals surface area contributed by atoms with E-state index in [9.17, 15) is 0 Å². The first-order chi connectivity index (χ1) is 33.9. The van der Waals surface area contributed by atoms with Gasteiger partial charge in [0, 0.05) is 5.56 Å². The van der Waals surface area contributed by atoms with Crippen molar-refractivity contribution in [2.75, 3.05) is 0 Å². The lowest BCUT2D eigenvalue weighted by Crippen LogP contribution is -2.10. The van der Waals surface area contributed by atoms with Crippen molar-refractivity contribution in [3.05, 3.63) is 209 Å². The van der Waals surface area contributed by atoms with E-state index < -0.39 is 0 Å². The van der Waals surface area contributed by atoms with Crippen molar-refractivity contribution in [1.29, 1.82) is 0 Å². The van der Waals surface area contributed by atoms with E-state index >= 15 is 0 Å². The summed E-state index contributed by atoms with van der Waals surface area (Å²) in [4.78, 5) is 5.13. The lowest BCUT2D eigenvalue weighted by molar-refractivity contribution is 0.590. The van der Waals surface area contributed by atoms with Gasteiger partial charge in [0.2, 0.25) is 0 Å². The fourth-order valence-corrected chi connectivity index (χ4v) is 9.96. The fraction of sp³-hybridized carbons (Fsp3) is 0.275. The molecule has 0 saturated heterocycles. The molecule has 3 nitrogen and oxygen atoms in total. The Kier molecular flexibility index (Phi) is 13.0. The zero-order valence-corrected chi connectivity index (χ0v) is 45.5. The third-order valence-electron chi connectivity index (χ3n) is 14.4. The second-order valence-electron chi connectivity index (χ2n) is 24.3. The van der Waals surface area contributed by atoms with E-state index in [2.05, 4.69) is 271 Å². The van der Waals surface area contributed by atoms with E-state index in [0.29, 0.717) is 0 Å². The molecular weight excluding hydrogens is 871 g/mol.